The van der Waals surface area contributed by atoms with Crippen LogP contribution in [0.4, 0.5) is 4.79 Å². The number of nitrogens with zero attached hydrogens (tertiary/aromatic N) is 1. The molecule has 0 aromatic carbocycles. The molecule has 6 nitrogen and oxygen atoms in total. The van der Waals surface area contributed by atoms with Crippen molar-refractivity contribution in [2.24, 2.45) is 5.92 Å². The van der Waals surface area contributed by atoms with E-state index in [0.717, 1.165) is 25.7 Å². The number of aliphatic carboxylic acids is 1. The second kappa shape index (κ2) is 5.99. The summed E-state index contributed by atoms with van der Waals surface area (Å²) in [5, 5.41) is 12.0. The summed E-state index contributed by atoms with van der Waals surface area (Å²) in [4.78, 5) is 25.2. The van der Waals surface area contributed by atoms with Crippen LogP contribution in [0.2, 0.25) is 0 Å². The standard InChI is InChI=1S/C14H24N2O4/c1-14(20-2)7-4-8-16(9-14)13(19)15-11-6-3-5-10(11)12(17)18/h10-11H,3-9H2,1-2H3,(H,15,19)(H,17,18). The van der Waals surface area contributed by atoms with Gasteiger partial charge in [0.05, 0.1) is 18.1 Å². The lowest BCUT2D eigenvalue weighted by Gasteiger charge is -2.39. The fraction of sp³-hybridized carbons (Fsp3) is 0.857. The molecule has 3 atom stereocenters. The van der Waals surface area contributed by atoms with Gasteiger partial charge in [0.1, 0.15) is 0 Å². The zero-order chi connectivity index (χ0) is 14.8. The Hall–Kier alpha value is -1.30. The van der Waals surface area contributed by atoms with Gasteiger partial charge in [0.15, 0.2) is 0 Å². The van der Waals surface area contributed by atoms with Crippen molar-refractivity contribution in [1.82, 2.24) is 10.2 Å². The van der Waals surface area contributed by atoms with Crippen LogP contribution in [0.3, 0.4) is 0 Å². The lowest BCUT2D eigenvalue weighted by Crippen LogP contribution is -2.55. The molecule has 1 aliphatic carbocycles. The van der Waals surface area contributed by atoms with Crippen LogP contribution in [0.1, 0.15) is 39.0 Å². The minimum Gasteiger partial charge on any atom is -0.481 e. The Morgan fingerprint density at radius 3 is 2.75 bits per heavy atom. The predicted molar refractivity (Wildman–Crippen MR) is 73.5 cm³/mol. The van der Waals surface area contributed by atoms with Crippen LogP contribution in [-0.4, -0.2) is 53.8 Å². The normalized spacial score (nSPS) is 34.0. The Kier molecular flexibility index (Phi) is 4.52. The molecule has 114 valence electrons. The van der Waals surface area contributed by atoms with Gasteiger partial charge in [-0.05, 0) is 32.6 Å². The molecule has 1 saturated carbocycles. The first-order valence-electron chi connectivity index (χ1n) is 7.28. The molecule has 2 fully saturated rings. The Morgan fingerprint density at radius 2 is 2.10 bits per heavy atom. The molecule has 20 heavy (non-hydrogen) atoms. The van der Waals surface area contributed by atoms with Crippen LogP contribution in [0.5, 0.6) is 0 Å². The number of carbonyl (C=O) groups excluding carboxylic acids is 1. The molecule has 1 heterocycles. The van der Waals surface area contributed by atoms with E-state index in [2.05, 4.69) is 5.32 Å². The average Bonchev–Trinajstić information content (AvgIpc) is 2.87. The maximum absolute atomic E-state index is 12.3. The fourth-order valence-corrected chi connectivity index (χ4v) is 3.22. The highest BCUT2D eigenvalue weighted by atomic mass is 16.5. The Morgan fingerprint density at radius 1 is 1.35 bits per heavy atom. The van der Waals surface area contributed by atoms with Gasteiger partial charge in [0, 0.05) is 19.7 Å². The van der Waals surface area contributed by atoms with E-state index in [1.807, 2.05) is 6.92 Å². The molecule has 0 aromatic rings. The number of methoxy groups -OCH3 is 1. The van der Waals surface area contributed by atoms with Gasteiger partial charge in [-0.25, -0.2) is 4.79 Å². The summed E-state index contributed by atoms with van der Waals surface area (Å²) in [5.41, 5.74) is -0.294. The minimum atomic E-state index is -0.812. The number of carbonyl (C=O) groups is 2. The lowest BCUT2D eigenvalue weighted by atomic mass is 9.95. The zero-order valence-electron chi connectivity index (χ0n) is 12.2. The minimum absolute atomic E-state index is 0.161. The number of urea groups is 1. The number of hydrogen-bond acceptors (Lipinski definition) is 3. The lowest BCUT2D eigenvalue weighted by molar-refractivity contribution is -0.142. The van der Waals surface area contributed by atoms with Crippen LogP contribution in [-0.2, 0) is 9.53 Å². The number of ether oxygens (including phenoxy) is 1. The molecule has 2 rings (SSSR count). The van der Waals surface area contributed by atoms with Gasteiger partial charge in [0.25, 0.3) is 0 Å². The summed E-state index contributed by atoms with van der Waals surface area (Å²) in [6, 6.07) is -0.401. The van der Waals surface area contributed by atoms with Gasteiger partial charge in [-0.1, -0.05) is 6.42 Å². The number of likely N-dealkylation sites (tertiary alicyclic amines) is 1. The quantitative estimate of drug-likeness (QED) is 0.822. The van der Waals surface area contributed by atoms with Crippen molar-refractivity contribution in [3.05, 3.63) is 0 Å². The second-order valence-electron chi connectivity index (χ2n) is 6.11. The average molecular weight is 284 g/mol. The molecule has 2 N–H and O–H groups in total. The van der Waals surface area contributed by atoms with E-state index < -0.39 is 11.9 Å². The summed E-state index contributed by atoms with van der Waals surface area (Å²) in [7, 11) is 1.67. The van der Waals surface area contributed by atoms with Crippen molar-refractivity contribution < 1.29 is 19.4 Å². The Balaban J connectivity index is 1.93. The van der Waals surface area contributed by atoms with Crippen molar-refractivity contribution in [1.29, 1.82) is 0 Å². The maximum Gasteiger partial charge on any atom is 0.317 e. The summed E-state index contributed by atoms with van der Waals surface area (Å²) in [5.74, 6) is -1.26. The van der Waals surface area contributed by atoms with Crippen molar-refractivity contribution in [3.8, 4) is 0 Å². The summed E-state index contributed by atoms with van der Waals surface area (Å²) in [6.45, 7) is 3.26. The van der Waals surface area contributed by atoms with Crippen LogP contribution >= 0.6 is 0 Å². The maximum atomic E-state index is 12.3. The van der Waals surface area contributed by atoms with E-state index in [0.29, 0.717) is 19.5 Å². The highest BCUT2D eigenvalue weighted by Gasteiger charge is 2.37. The first-order chi connectivity index (χ1) is 9.45. The largest absolute Gasteiger partial charge is 0.481 e. The van der Waals surface area contributed by atoms with Gasteiger partial charge in [-0.15, -0.1) is 0 Å². The van der Waals surface area contributed by atoms with E-state index in [9.17, 15) is 9.59 Å². The molecule has 0 radical (unpaired) electrons. The number of nitrogens with one attached hydrogen (secondary N) is 1. The molecule has 0 spiro atoms. The van der Waals surface area contributed by atoms with E-state index >= 15 is 0 Å². The molecule has 6 heteroatoms. The van der Waals surface area contributed by atoms with E-state index in [1.165, 1.54) is 0 Å². The molecule has 1 aliphatic heterocycles. The highest BCUT2D eigenvalue weighted by molar-refractivity contribution is 5.77. The number of carboxylic acid groups (broad SMARTS) is 1. The second-order valence-corrected chi connectivity index (χ2v) is 6.11. The first-order valence-corrected chi connectivity index (χ1v) is 7.28. The number of rotatable bonds is 3. The van der Waals surface area contributed by atoms with Crippen molar-refractivity contribution in [3.63, 3.8) is 0 Å². The van der Waals surface area contributed by atoms with Crippen molar-refractivity contribution in [2.45, 2.75) is 50.7 Å². The number of piperidine rings is 1. The Labute approximate surface area is 119 Å². The number of carboxylic acids is 1. The van der Waals surface area contributed by atoms with Crippen molar-refractivity contribution >= 4 is 12.0 Å². The van der Waals surface area contributed by atoms with Crippen molar-refractivity contribution in [2.75, 3.05) is 20.2 Å². The highest BCUT2D eigenvalue weighted by Crippen LogP contribution is 2.27. The molecular weight excluding hydrogens is 260 g/mol. The third kappa shape index (κ3) is 3.23. The smallest absolute Gasteiger partial charge is 0.317 e. The summed E-state index contributed by atoms with van der Waals surface area (Å²) < 4.78 is 5.47. The molecule has 1 saturated heterocycles. The fourth-order valence-electron chi connectivity index (χ4n) is 3.22. The molecule has 3 unspecified atom stereocenters. The van der Waals surface area contributed by atoms with Crippen LogP contribution in [0.25, 0.3) is 0 Å². The van der Waals surface area contributed by atoms with E-state index in [-0.39, 0.29) is 17.7 Å². The third-order valence-corrected chi connectivity index (χ3v) is 4.58. The third-order valence-electron chi connectivity index (χ3n) is 4.58. The molecule has 2 aliphatic rings. The predicted octanol–water partition coefficient (Wildman–Crippen LogP) is 1.45. The molecule has 2 amide bonds. The summed E-state index contributed by atoms with van der Waals surface area (Å²) in [6.07, 6.45) is 4.10. The first kappa shape index (κ1) is 15.1. The van der Waals surface area contributed by atoms with Crippen LogP contribution in [0, 0.1) is 5.92 Å². The molecule has 0 aromatic heterocycles. The number of hydrogen-bond donors (Lipinski definition) is 2. The van der Waals surface area contributed by atoms with Crippen LogP contribution < -0.4 is 5.32 Å². The summed E-state index contributed by atoms with van der Waals surface area (Å²) >= 11 is 0. The molecular formula is C14H24N2O4. The topological polar surface area (TPSA) is 78.9 Å². The van der Waals surface area contributed by atoms with Gasteiger partial charge >= 0.3 is 12.0 Å². The SMILES string of the molecule is COC1(C)CCCN(C(=O)NC2CCCC2C(=O)O)C1. The van der Waals surface area contributed by atoms with Gasteiger partial charge < -0.3 is 20.1 Å². The van der Waals surface area contributed by atoms with Gasteiger partial charge in [0.2, 0.25) is 0 Å². The van der Waals surface area contributed by atoms with Gasteiger partial charge in [-0.3, -0.25) is 4.79 Å². The van der Waals surface area contributed by atoms with E-state index in [1.54, 1.807) is 12.0 Å². The molecule has 0 bridgehead atoms. The number of amides is 2. The monoisotopic (exact) mass is 284 g/mol. The zero-order valence-corrected chi connectivity index (χ0v) is 12.2. The Bertz CT molecular complexity index is 387. The van der Waals surface area contributed by atoms with Gasteiger partial charge in [-0.2, -0.15) is 0 Å². The van der Waals surface area contributed by atoms with E-state index in [4.69, 9.17) is 9.84 Å². The van der Waals surface area contributed by atoms with Crippen LogP contribution in [0.15, 0.2) is 0 Å².